The number of amides is 3. The maximum absolute atomic E-state index is 13.9. The Balaban J connectivity index is 1.36. The number of anilines is 2. The van der Waals surface area contributed by atoms with Gasteiger partial charge in [-0.3, -0.25) is 14.4 Å². The molecular weight excluding hydrogens is 405 g/mol. The highest BCUT2D eigenvalue weighted by molar-refractivity contribution is 8.00. The van der Waals surface area contributed by atoms with Gasteiger partial charge in [0.05, 0.1) is 5.25 Å². The lowest BCUT2D eigenvalue weighted by atomic mass is 10.1. The smallest absolute Gasteiger partial charge is 0.247 e. The van der Waals surface area contributed by atoms with Crippen molar-refractivity contribution in [1.82, 2.24) is 5.32 Å². The van der Waals surface area contributed by atoms with Gasteiger partial charge in [0, 0.05) is 30.1 Å². The number of thioether (sulfide) groups is 1. The van der Waals surface area contributed by atoms with Crippen LogP contribution in [0.3, 0.4) is 0 Å². The van der Waals surface area contributed by atoms with Crippen LogP contribution in [0.25, 0.3) is 0 Å². The van der Waals surface area contributed by atoms with E-state index in [2.05, 4.69) is 10.6 Å². The number of carbonyl (C=O) groups excluding carboxylic acids is 3. The molecule has 2 saturated heterocycles. The Kier molecular flexibility index (Phi) is 6.03. The van der Waals surface area contributed by atoms with Crippen LogP contribution in [0.2, 0.25) is 0 Å². The topological polar surface area (TPSA) is 78.5 Å². The molecule has 2 atom stereocenters. The van der Waals surface area contributed by atoms with Crippen LogP contribution in [-0.4, -0.2) is 41.3 Å². The quantitative estimate of drug-likeness (QED) is 0.769. The van der Waals surface area contributed by atoms with E-state index < -0.39 is 11.3 Å². The Morgan fingerprint density at radius 2 is 2.03 bits per heavy atom. The molecule has 6 nitrogen and oxygen atoms in total. The first kappa shape index (κ1) is 20.4. The van der Waals surface area contributed by atoms with Gasteiger partial charge in [0.2, 0.25) is 17.7 Å². The molecule has 2 aliphatic heterocycles. The van der Waals surface area contributed by atoms with Crippen LogP contribution < -0.4 is 15.5 Å². The molecule has 156 valence electrons. The van der Waals surface area contributed by atoms with Crippen molar-refractivity contribution in [2.24, 2.45) is 0 Å². The Bertz CT molecular complexity index is 984. The maximum Gasteiger partial charge on any atom is 0.247 e. The Morgan fingerprint density at radius 3 is 2.77 bits per heavy atom. The lowest BCUT2D eigenvalue weighted by Gasteiger charge is -2.28. The van der Waals surface area contributed by atoms with Gasteiger partial charge in [0.1, 0.15) is 11.9 Å². The summed E-state index contributed by atoms with van der Waals surface area (Å²) in [6, 6.07) is 12.9. The molecule has 4 rings (SSSR count). The summed E-state index contributed by atoms with van der Waals surface area (Å²) in [5, 5.41) is 5.13. The standard InChI is InChI=1S/C22H22FN3O3S/c23-17-8-2-1-5-14(17)11-19-22(29)25-18(13-30-19)21(28)24-15-6-3-7-16(12-15)26-10-4-9-20(26)27/h1-3,5-8,12,18-19H,4,9-11,13H2,(H,24,28)(H,25,29)/t18-,19-/m1/s1. The van der Waals surface area contributed by atoms with Crippen molar-refractivity contribution >= 4 is 40.9 Å². The monoisotopic (exact) mass is 427 g/mol. The van der Waals surface area contributed by atoms with E-state index in [0.29, 0.717) is 30.0 Å². The number of benzene rings is 2. The third-order valence-electron chi connectivity index (χ3n) is 5.25. The third kappa shape index (κ3) is 4.48. The van der Waals surface area contributed by atoms with E-state index in [0.717, 1.165) is 12.1 Å². The largest absolute Gasteiger partial charge is 0.343 e. The summed E-state index contributed by atoms with van der Waals surface area (Å²) in [6.07, 6.45) is 1.65. The molecule has 2 aliphatic rings. The molecule has 0 aromatic heterocycles. The summed E-state index contributed by atoms with van der Waals surface area (Å²) in [6.45, 7) is 0.676. The van der Waals surface area contributed by atoms with Crippen LogP contribution >= 0.6 is 11.8 Å². The van der Waals surface area contributed by atoms with Crippen LogP contribution in [0.1, 0.15) is 18.4 Å². The van der Waals surface area contributed by atoms with E-state index in [1.165, 1.54) is 17.8 Å². The van der Waals surface area contributed by atoms with E-state index in [1.807, 2.05) is 6.07 Å². The number of hydrogen-bond donors (Lipinski definition) is 2. The molecule has 2 N–H and O–H groups in total. The van der Waals surface area contributed by atoms with Crippen LogP contribution in [0.5, 0.6) is 0 Å². The normalized spacial score (nSPS) is 21.4. The minimum Gasteiger partial charge on any atom is -0.343 e. The van der Waals surface area contributed by atoms with Gasteiger partial charge < -0.3 is 15.5 Å². The van der Waals surface area contributed by atoms with Gasteiger partial charge >= 0.3 is 0 Å². The fraction of sp³-hybridized carbons (Fsp3) is 0.318. The zero-order valence-corrected chi connectivity index (χ0v) is 17.1. The van der Waals surface area contributed by atoms with Crippen LogP contribution in [0.15, 0.2) is 48.5 Å². The molecule has 0 saturated carbocycles. The first-order valence-corrected chi connectivity index (χ1v) is 10.9. The van der Waals surface area contributed by atoms with Crippen molar-refractivity contribution in [3.63, 3.8) is 0 Å². The summed E-state index contributed by atoms with van der Waals surface area (Å²) >= 11 is 1.35. The maximum atomic E-state index is 13.9. The number of hydrogen-bond acceptors (Lipinski definition) is 4. The fourth-order valence-corrected chi connectivity index (χ4v) is 4.83. The molecule has 2 aromatic carbocycles. The van der Waals surface area contributed by atoms with E-state index in [-0.39, 0.29) is 30.0 Å². The lowest BCUT2D eigenvalue weighted by Crippen LogP contribution is -2.52. The first-order chi connectivity index (χ1) is 14.5. The van der Waals surface area contributed by atoms with Gasteiger partial charge in [-0.05, 0) is 42.7 Å². The second-order valence-electron chi connectivity index (χ2n) is 7.37. The van der Waals surface area contributed by atoms with Crippen molar-refractivity contribution < 1.29 is 18.8 Å². The predicted octanol–water partition coefficient (Wildman–Crippen LogP) is 2.73. The molecule has 8 heteroatoms. The minimum atomic E-state index is -0.670. The second-order valence-corrected chi connectivity index (χ2v) is 8.60. The van der Waals surface area contributed by atoms with Crippen LogP contribution in [0, 0.1) is 5.82 Å². The van der Waals surface area contributed by atoms with E-state index in [9.17, 15) is 18.8 Å². The Hall–Kier alpha value is -2.87. The molecule has 3 amide bonds. The summed E-state index contributed by atoms with van der Waals surface area (Å²) < 4.78 is 13.9. The zero-order valence-electron chi connectivity index (χ0n) is 16.3. The molecular formula is C22H22FN3O3S. The second kappa shape index (κ2) is 8.87. The highest BCUT2D eigenvalue weighted by atomic mass is 32.2. The number of rotatable bonds is 5. The number of nitrogens with zero attached hydrogens (tertiary/aromatic N) is 1. The number of nitrogens with one attached hydrogen (secondary N) is 2. The molecule has 0 unspecified atom stereocenters. The van der Waals surface area contributed by atoms with E-state index in [4.69, 9.17) is 0 Å². The molecule has 2 aromatic rings. The average Bonchev–Trinajstić information content (AvgIpc) is 3.17. The Morgan fingerprint density at radius 1 is 1.20 bits per heavy atom. The molecule has 0 bridgehead atoms. The summed E-state index contributed by atoms with van der Waals surface area (Å²) in [7, 11) is 0. The van der Waals surface area contributed by atoms with Crippen molar-refractivity contribution in [2.45, 2.75) is 30.6 Å². The van der Waals surface area contributed by atoms with Crippen LogP contribution in [0.4, 0.5) is 15.8 Å². The van der Waals surface area contributed by atoms with Gasteiger partial charge in [-0.1, -0.05) is 24.3 Å². The molecule has 0 aliphatic carbocycles. The molecule has 0 spiro atoms. The SMILES string of the molecule is O=C(Nc1cccc(N2CCCC2=O)c1)[C@H]1CS[C@H](Cc2ccccc2F)C(=O)N1. The fourth-order valence-electron chi connectivity index (χ4n) is 3.65. The predicted molar refractivity (Wildman–Crippen MR) is 115 cm³/mol. The number of halogens is 1. The molecule has 2 fully saturated rings. The van der Waals surface area contributed by atoms with Gasteiger partial charge in [0.25, 0.3) is 0 Å². The molecule has 0 radical (unpaired) electrons. The average molecular weight is 428 g/mol. The number of carbonyl (C=O) groups is 3. The third-order valence-corrected chi connectivity index (χ3v) is 6.56. The van der Waals surface area contributed by atoms with Gasteiger partial charge in [-0.25, -0.2) is 4.39 Å². The Labute approximate surface area is 178 Å². The molecule has 30 heavy (non-hydrogen) atoms. The zero-order chi connectivity index (χ0) is 21.1. The lowest BCUT2D eigenvalue weighted by molar-refractivity contribution is -0.126. The van der Waals surface area contributed by atoms with Gasteiger partial charge in [-0.2, -0.15) is 0 Å². The minimum absolute atomic E-state index is 0.0790. The van der Waals surface area contributed by atoms with Crippen molar-refractivity contribution in [1.29, 1.82) is 0 Å². The summed E-state index contributed by atoms with van der Waals surface area (Å²) in [5.74, 6) is -0.435. The summed E-state index contributed by atoms with van der Waals surface area (Å²) in [4.78, 5) is 38.8. The molecule has 2 heterocycles. The van der Waals surface area contributed by atoms with E-state index in [1.54, 1.807) is 41.3 Å². The van der Waals surface area contributed by atoms with Crippen LogP contribution in [-0.2, 0) is 20.8 Å². The van der Waals surface area contributed by atoms with Crippen molar-refractivity contribution in [3.8, 4) is 0 Å². The van der Waals surface area contributed by atoms with Crippen molar-refractivity contribution in [2.75, 3.05) is 22.5 Å². The van der Waals surface area contributed by atoms with Crippen molar-refractivity contribution in [3.05, 3.63) is 59.9 Å². The van der Waals surface area contributed by atoms with Gasteiger partial charge in [-0.15, -0.1) is 11.8 Å². The summed E-state index contributed by atoms with van der Waals surface area (Å²) in [5.41, 5.74) is 1.81. The highest BCUT2D eigenvalue weighted by Crippen LogP contribution is 2.26. The first-order valence-electron chi connectivity index (χ1n) is 9.88. The van der Waals surface area contributed by atoms with E-state index >= 15 is 0 Å². The van der Waals surface area contributed by atoms with Gasteiger partial charge in [0.15, 0.2) is 0 Å². The highest BCUT2D eigenvalue weighted by Gasteiger charge is 2.33.